The lowest BCUT2D eigenvalue weighted by atomic mass is 9.80. The van der Waals surface area contributed by atoms with Crippen LogP contribution < -0.4 is 26.2 Å². The second-order valence-electron chi connectivity index (χ2n) is 25.7. The monoisotopic (exact) mass is 1280 g/mol. The number of piperidine rings is 2. The zero-order valence-electron chi connectivity index (χ0n) is 52.3. The van der Waals surface area contributed by atoms with E-state index in [0.29, 0.717) is 92.5 Å². The topological polar surface area (TPSA) is 231 Å². The number of ether oxygens (including phenoxy) is 3. The van der Waals surface area contributed by atoms with E-state index < -0.39 is 23.4 Å². The number of nitrogens with zero attached hydrogens (tertiary/aromatic N) is 9. The second kappa shape index (κ2) is 31.6. The van der Waals surface area contributed by atoms with Gasteiger partial charge in [0, 0.05) is 94.5 Å². The Morgan fingerprint density at radius 2 is 1.23 bits per heavy atom. The molecule has 0 atom stereocenters. The fourth-order valence-corrected chi connectivity index (χ4v) is 12.8. The van der Waals surface area contributed by atoms with E-state index in [4.69, 9.17) is 63.1 Å². The normalized spacial score (nSPS) is 16.2. The minimum atomic E-state index is -0.721. The largest absolute Gasteiger partial charge is 0.469 e. The van der Waals surface area contributed by atoms with Crippen molar-refractivity contribution in [1.82, 2.24) is 40.0 Å². The third-order valence-corrected chi connectivity index (χ3v) is 19.0. The first kappa shape index (κ1) is 68.7. The number of nitrogens with two attached hydrogens (primary N) is 1. The van der Waals surface area contributed by atoms with E-state index in [2.05, 4.69) is 39.2 Å². The van der Waals surface area contributed by atoms with Crippen molar-refractivity contribution in [1.29, 1.82) is 0 Å². The molecule has 0 aliphatic carbocycles. The van der Waals surface area contributed by atoms with Crippen molar-refractivity contribution in [2.24, 2.45) is 10.8 Å². The van der Waals surface area contributed by atoms with E-state index in [0.717, 1.165) is 109 Å². The lowest BCUT2D eigenvalue weighted by molar-refractivity contribution is -0.140. The van der Waals surface area contributed by atoms with Gasteiger partial charge in [0.1, 0.15) is 32.9 Å². The van der Waals surface area contributed by atoms with Gasteiger partial charge >= 0.3 is 18.2 Å². The molecule has 4 aromatic rings. The Hall–Kier alpha value is -5.81. The molecule has 3 aliphatic heterocycles. The number of hydrogen-bond acceptors (Lipinski definition) is 18. The number of hydrogen-bond donors (Lipinski definition) is 3. The van der Waals surface area contributed by atoms with E-state index in [1.165, 1.54) is 30.6 Å². The Balaban J connectivity index is 0.848. The van der Waals surface area contributed by atoms with Crippen LogP contribution in [0, 0.1) is 10.8 Å². The van der Waals surface area contributed by atoms with Gasteiger partial charge < -0.3 is 50.2 Å². The number of carbonyl (C=O) groups is 5. The summed E-state index contributed by atoms with van der Waals surface area (Å²) in [6.45, 7) is 23.6. The number of unbranched alkanes of at least 4 members (excludes halogenated alkanes) is 5. The molecule has 87 heavy (non-hydrogen) atoms. The van der Waals surface area contributed by atoms with Gasteiger partial charge in [-0.25, -0.2) is 29.5 Å². The summed E-state index contributed by atoms with van der Waals surface area (Å²) in [6.07, 6.45) is 16.5. The highest BCUT2D eigenvalue weighted by Crippen LogP contribution is 2.41. The molecule has 4 N–H and O–H groups in total. The minimum absolute atomic E-state index is 0.0251. The second-order valence-corrected chi connectivity index (χ2v) is 28.6. The van der Waals surface area contributed by atoms with Crippen molar-refractivity contribution in [3.8, 4) is 0 Å². The van der Waals surface area contributed by atoms with Crippen LogP contribution in [0.4, 0.5) is 32.6 Å². The Kier molecular flexibility index (Phi) is 24.9. The summed E-state index contributed by atoms with van der Waals surface area (Å²) in [5.74, 6) is 1.07. The van der Waals surface area contributed by atoms with E-state index in [9.17, 15) is 24.0 Å². The molecule has 476 valence electrons. The number of esters is 1. The molecular formula is C63H90Cl2N12O8S2. The molecule has 3 saturated heterocycles. The summed E-state index contributed by atoms with van der Waals surface area (Å²) in [4.78, 5) is 94.5. The predicted molar refractivity (Wildman–Crippen MR) is 345 cm³/mol. The lowest BCUT2D eigenvalue weighted by Gasteiger charge is -2.42. The first-order valence-corrected chi connectivity index (χ1v) is 32.8. The smallest absolute Gasteiger partial charge is 0.410 e. The Morgan fingerprint density at radius 3 is 1.79 bits per heavy atom. The van der Waals surface area contributed by atoms with Crippen LogP contribution >= 0.6 is 46.7 Å². The van der Waals surface area contributed by atoms with Crippen molar-refractivity contribution in [3.63, 3.8) is 0 Å². The van der Waals surface area contributed by atoms with Crippen molar-refractivity contribution >= 4 is 99.7 Å². The number of piperazine rings is 1. The first-order chi connectivity index (χ1) is 41.3. The number of methoxy groups -OCH3 is 1. The van der Waals surface area contributed by atoms with Gasteiger partial charge in [0.15, 0.2) is 0 Å². The van der Waals surface area contributed by atoms with Crippen molar-refractivity contribution < 1.29 is 38.2 Å². The summed E-state index contributed by atoms with van der Waals surface area (Å²) in [5, 5.41) is 7.88. The summed E-state index contributed by atoms with van der Waals surface area (Å²) in [5.41, 5.74) is 6.71. The molecule has 4 amide bonds. The number of nitrogens with one attached hydrogen (secondary N) is 2. The molecular weight excluding hydrogens is 1190 g/mol. The van der Waals surface area contributed by atoms with E-state index in [1.807, 2.05) is 70.7 Å². The highest BCUT2D eigenvalue weighted by atomic mass is 35.5. The van der Waals surface area contributed by atoms with E-state index in [-0.39, 0.29) is 48.0 Å². The molecule has 3 fully saturated rings. The van der Waals surface area contributed by atoms with Crippen LogP contribution in [0.3, 0.4) is 0 Å². The maximum atomic E-state index is 14.0. The van der Waals surface area contributed by atoms with Gasteiger partial charge in [-0.3, -0.25) is 19.3 Å². The predicted octanol–water partition coefficient (Wildman–Crippen LogP) is 12.4. The van der Waals surface area contributed by atoms with Crippen LogP contribution in [0.2, 0.25) is 10.0 Å². The Bertz CT molecular complexity index is 2940. The molecule has 3 aliphatic rings. The molecule has 0 unspecified atom stereocenters. The number of nitrogen functional groups attached to an aromatic ring is 1. The zero-order chi connectivity index (χ0) is 62.9. The Morgan fingerprint density at radius 1 is 0.667 bits per heavy atom. The molecule has 24 heteroatoms. The minimum Gasteiger partial charge on any atom is -0.469 e. The zero-order valence-corrected chi connectivity index (χ0v) is 55.5. The average molecular weight is 1280 g/mol. The molecule has 2 aromatic heterocycles. The van der Waals surface area contributed by atoms with Gasteiger partial charge in [-0.05, 0) is 121 Å². The molecule has 0 saturated carbocycles. The van der Waals surface area contributed by atoms with E-state index in [1.54, 1.807) is 35.8 Å². The summed E-state index contributed by atoms with van der Waals surface area (Å²) >= 11 is 16.5. The van der Waals surface area contributed by atoms with Gasteiger partial charge in [0.05, 0.1) is 59.9 Å². The fraction of sp³-hybridized carbons (Fsp3) is 0.603. The molecule has 0 spiro atoms. The van der Waals surface area contributed by atoms with Gasteiger partial charge in [-0.2, -0.15) is 0 Å². The molecule has 0 radical (unpaired) electrons. The maximum absolute atomic E-state index is 14.0. The number of anilines is 4. The molecule has 7 rings (SSSR count). The number of carbonyl (C=O) groups excluding carboxylic acids is 5. The van der Waals surface area contributed by atoms with Crippen LogP contribution in [-0.2, 0) is 35.1 Å². The molecule has 0 bridgehead atoms. The number of halogens is 2. The van der Waals surface area contributed by atoms with Crippen molar-refractivity contribution in [3.05, 3.63) is 70.7 Å². The average Bonchev–Trinajstić information content (AvgIpc) is 2.14. The number of aromatic nitrogens is 4. The fourth-order valence-electron chi connectivity index (χ4n) is 10.7. The van der Waals surface area contributed by atoms with Gasteiger partial charge in [-0.15, -0.1) is 0 Å². The number of alkyl carbamates (subject to hydrolysis) is 1. The maximum Gasteiger partial charge on any atom is 0.410 e. The van der Waals surface area contributed by atoms with Crippen LogP contribution in [0.5, 0.6) is 0 Å². The number of amides is 4. The molecule has 20 nitrogen and oxygen atoms in total. The van der Waals surface area contributed by atoms with Gasteiger partial charge in [0.2, 0.25) is 11.8 Å². The lowest BCUT2D eigenvalue weighted by Crippen LogP contribution is -2.48. The third kappa shape index (κ3) is 21.7. The quantitative estimate of drug-likeness (QED) is 0.0242. The SMILES string of the molecule is COC(=O)CCCCCCCCN1CCN(C(=O)CCC(=O)Nc2cccc(Sc3cnc(N4CCC(C)(CN(Cc5ccc(Sc6cnc(N7CCC(C)(CNC(=O)OC(C)(C)C)CC7)cn6)c(Cl)c5N)C(=O)OC(C)(C)C)CC4)cn3)c2Cl)CC1. The first-order valence-electron chi connectivity index (χ1n) is 30.4. The third-order valence-electron chi connectivity index (χ3n) is 16.0. The number of rotatable bonds is 25. The number of benzene rings is 2. The molecule has 2 aromatic carbocycles. The summed E-state index contributed by atoms with van der Waals surface area (Å²) in [6, 6.07) is 9.23. The van der Waals surface area contributed by atoms with Gasteiger partial charge in [0.25, 0.3) is 0 Å². The highest BCUT2D eigenvalue weighted by Gasteiger charge is 2.37. The standard InChI is InChI=1S/C63H90Cl2N12O8S2/c1-60(2,3)84-58(81)71-42-62(7)24-29-74(30-25-62)48-37-70-52(40-68-48)87-47-21-20-44(57(66)56(47)65)41-77(59(82)85-61(4,5)6)43-63(8)26-31-75(32-27-63)49-38-69-51(39-67-49)86-46-18-16-17-45(55(46)64)72-50(78)22-23-53(79)76-35-33-73(34-36-76)28-15-13-11-10-12-14-19-54(80)83-9/h16-18,20-21,37-40H,10-15,19,22-36,41-43,66H2,1-9H3,(H,71,81)(H,72,78). The van der Waals surface area contributed by atoms with Crippen molar-refractivity contribution in [2.45, 2.75) is 176 Å². The summed E-state index contributed by atoms with van der Waals surface area (Å²) in [7, 11) is 1.43. The Labute approximate surface area is 532 Å². The highest BCUT2D eigenvalue weighted by molar-refractivity contribution is 7.99. The van der Waals surface area contributed by atoms with Crippen LogP contribution in [0.1, 0.15) is 144 Å². The van der Waals surface area contributed by atoms with Gasteiger partial charge in [-0.1, -0.05) is 98.4 Å². The van der Waals surface area contributed by atoms with Crippen LogP contribution in [0.15, 0.2) is 75.0 Å². The van der Waals surface area contributed by atoms with Crippen LogP contribution in [-0.4, -0.2) is 155 Å². The van der Waals surface area contributed by atoms with Crippen molar-refractivity contribution in [2.75, 3.05) is 100.0 Å². The summed E-state index contributed by atoms with van der Waals surface area (Å²) < 4.78 is 16.1. The molecule has 5 heterocycles. The van der Waals surface area contributed by atoms with E-state index >= 15 is 0 Å². The van der Waals surface area contributed by atoms with Crippen LogP contribution in [0.25, 0.3) is 0 Å².